The van der Waals surface area contributed by atoms with Crippen LogP contribution in [-0.4, -0.2) is 14.9 Å². The van der Waals surface area contributed by atoms with Gasteiger partial charge in [-0.1, -0.05) is 19.1 Å². The van der Waals surface area contributed by atoms with Crippen LogP contribution in [0.4, 0.5) is 0 Å². The quantitative estimate of drug-likeness (QED) is 0.919. The van der Waals surface area contributed by atoms with Crippen LogP contribution in [0.5, 0.6) is 5.75 Å². The Labute approximate surface area is 125 Å². The van der Waals surface area contributed by atoms with Crippen LogP contribution in [-0.2, 0) is 26.0 Å². The second-order valence-corrected chi connectivity index (χ2v) is 5.46. The van der Waals surface area contributed by atoms with E-state index in [2.05, 4.69) is 25.0 Å². The second-order valence-electron chi connectivity index (χ2n) is 5.46. The molecule has 1 heterocycles. The highest BCUT2D eigenvalue weighted by molar-refractivity contribution is 5.44. The van der Waals surface area contributed by atoms with Crippen molar-refractivity contribution in [2.45, 2.75) is 52.4 Å². The summed E-state index contributed by atoms with van der Waals surface area (Å²) in [5, 5.41) is 14.5. The number of hydrogen-bond acceptors (Lipinski definition) is 3. The first-order valence-corrected chi connectivity index (χ1v) is 7.71. The number of hydrogen-bond donors (Lipinski definition) is 1. The summed E-state index contributed by atoms with van der Waals surface area (Å²) < 4.78 is 8.01. The molecule has 3 rings (SSSR count). The van der Waals surface area contributed by atoms with E-state index in [1.807, 2.05) is 22.9 Å². The van der Waals surface area contributed by atoms with Crippen molar-refractivity contribution < 1.29 is 9.84 Å². The van der Waals surface area contributed by atoms with Crippen LogP contribution < -0.4 is 4.74 Å². The van der Waals surface area contributed by atoms with Gasteiger partial charge in [-0.25, -0.2) is 0 Å². The molecule has 1 aromatic heterocycles. The summed E-state index contributed by atoms with van der Waals surface area (Å²) in [5.74, 6) is 0.894. The van der Waals surface area contributed by atoms with Crippen molar-refractivity contribution in [3.05, 3.63) is 46.8 Å². The Morgan fingerprint density at radius 3 is 3.00 bits per heavy atom. The largest absolute Gasteiger partial charge is 0.487 e. The highest BCUT2D eigenvalue weighted by Gasteiger charge is 2.23. The minimum Gasteiger partial charge on any atom is -0.487 e. The minimum atomic E-state index is -0.337. The molecule has 21 heavy (non-hydrogen) atoms. The van der Waals surface area contributed by atoms with E-state index >= 15 is 0 Å². The number of ether oxygens (including phenoxy) is 1. The van der Waals surface area contributed by atoms with Crippen LogP contribution in [0.25, 0.3) is 0 Å². The molecule has 2 aromatic rings. The summed E-state index contributed by atoms with van der Waals surface area (Å²) in [6.45, 7) is 5.57. The molecule has 0 saturated heterocycles. The average molecular weight is 286 g/mol. The van der Waals surface area contributed by atoms with Crippen LogP contribution in [0, 0.1) is 0 Å². The minimum absolute atomic E-state index is 0.337. The molecule has 1 atom stereocenters. The molecule has 112 valence electrons. The number of aliphatic hydroxyl groups excluding tert-OH is 1. The molecule has 0 aliphatic heterocycles. The van der Waals surface area contributed by atoms with Crippen molar-refractivity contribution in [3.8, 4) is 5.75 Å². The zero-order chi connectivity index (χ0) is 14.8. The lowest BCUT2D eigenvalue weighted by Gasteiger charge is -2.12. The van der Waals surface area contributed by atoms with E-state index < -0.39 is 0 Å². The molecule has 1 N–H and O–H groups in total. The fraction of sp³-hybridized carbons (Fsp3) is 0.471. The lowest BCUT2D eigenvalue weighted by atomic mass is 10.1. The molecule has 1 aliphatic rings. The molecular formula is C17H22N2O2. The lowest BCUT2D eigenvalue weighted by molar-refractivity contribution is 0.180. The predicted octanol–water partition coefficient (Wildman–Crippen LogP) is 3.02. The van der Waals surface area contributed by atoms with E-state index in [-0.39, 0.29) is 6.10 Å². The molecule has 4 heteroatoms. The number of rotatable bonds is 5. The Hall–Kier alpha value is -1.81. The number of nitrogens with zero attached hydrogens (tertiary/aromatic N) is 2. The molecule has 1 unspecified atom stereocenters. The highest BCUT2D eigenvalue weighted by Crippen LogP contribution is 2.36. The van der Waals surface area contributed by atoms with Gasteiger partial charge in [0.2, 0.25) is 0 Å². The Morgan fingerprint density at radius 1 is 1.38 bits per heavy atom. The highest BCUT2D eigenvalue weighted by atomic mass is 16.5. The van der Waals surface area contributed by atoms with Crippen molar-refractivity contribution in [2.75, 3.05) is 0 Å². The van der Waals surface area contributed by atoms with Gasteiger partial charge in [-0.05, 0) is 43.9 Å². The summed E-state index contributed by atoms with van der Waals surface area (Å²) in [4.78, 5) is 0. The third-order valence-corrected chi connectivity index (χ3v) is 4.15. The van der Waals surface area contributed by atoms with Gasteiger partial charge in [-0.15, -0.1) is 0 Å². The first kappa shape index (κ1) is 14.1. The summed E-state index contributed by atoms with van der Waals surface area (Å²) >= 11 is 0. The van der Waals surface area contributed by atoms with Gasteiger partial charge in [0.1, 0.15) is 12.4 Å². The van der Waals surface area contributed by atoms with E-state index in [9.17, 15) is 5.11 Å². The molecule has 0 fully saturated rings. The van der Waals surface area contributed by atoms with Crippen LogP contribution in [0.1, 0.15) is 48.9 Å². The van der Waals surface area contributed by atoms with Crippen LogP contribution >= 0.6 is 0 Å². The third-order valence-electron chi connectivity index (χ3n) is 4.15. The van der Waals surface area contributed by atoms with Gasteiger partial charge in [-0.2, -0.15) is 5.10 Å². The number of aromatic nitrogens is 2. The molecule has 1 aromatic carbocycles. The van der Waals surface area contributed by atoms with Crippen molar-refractivity contribution in [3.63, 3.8) is 0 Å². The van der Waals surface area contributed by atoms with Gasteiger partial charge in [0.05, 0.1) is 17.5 Å². The molecule has 4 nitrogen and oxygen atoms in total. The van der Waals surface area contributed by atoms with Gasteiger partial charge >= 0.3 is 0 Å². The summed E-state index contributed by atoms with van der Waals surface area (Å²) in [5.41, 5.74) is 4.38. The van der Waals surface area contributed by atoms with E-state index in [0.29, 0.717) is 6.61 Å². The number of benzene rings is 1. The van der Waals surface area contributed by atoms with Crippen molar-refractivity contribution in [1.82, 2.24) is 9.78 Å². The van der Waals surface area contributed by atoms with Crippen molar-refractivity contribution >= 4 is 0 Å². The zero-order valence-electron chi connectivity index (χ0n) is 12.7. The van der Waals surface area contributed by atoms with Crippen molar-refractivity contribution in [1.29, 1.82) is 0 Å². The standard InChI is InChI=1S/C17H22N2O2/c1-3-12-10-13(19(4-2)18-12)11-21-17-7-5-6-14-15(17)8-9-16(14)20/h5-7,10,16,20H,3-4,8-9,11H2,1-2H3. The zero-order valence-corrected chi connectivity index (χ0v) is 12.7. The predicted molar refractivity (Wildman–Crippen MR) is 81.3 cm³/mol. The van der Waals surface area contributed by atoms with Gasteiger partial charge in [0.25, 0.3) is 0 Å². The lowest BCUT2D eigenvalue weighted by Crippen LogP contribution is -2.07. The fourth-order valence-corrected chi connectivity index (χ4v) is 2.96. The maximum absolute atomic E-state index is 9.94. The normalized spacial score (nSPS) is 17.0. The molecule has 0 bridgehead atoms. The summed E-state index contributed by atoms with van der Waals surface area (Å²) in [6, 6.07) is 8.05. The van der Waals surface area contributed by atoms with Crippen LogP contribution in [0.3, 0.4) is 0 Å². The molecule has 0 spiro atoms. The fourth-order valence-electron chi connectivity index (χ4n) is 2.96. The SMILES string of the molecule is CCc1cc(COc2cccc3c2CCC3O)n(CC)n1. The topological polar surface area (TPSA) is 47.3 Å². The van der Waals surface area contributed by atoms with Gasteiger partial charge in [0, 0.05) is 12.1 Å². The molecule has 0 amide bonds. The molecular weight excluding hydrogens is 264 g/mol. The van der Waals surface area contributed by atoms with E-state index in [1.54, 1.807) is 0 Å². The van der Waals surface area contributed by atoms with Crippen LogP contribution in [0.2, 0.25) is 0 Å². The second kappa shape index (κ2) is 5.90. The van der Waals surface area contributed by atoms with Crippen LogP contribution in [0.15, 0.2) is 24.3 Å². The van der Waals surface area contributed by atoms with Crippen molar-refractivity contribution in [2.24, 2.45) is 0 Å². The Bertz CT molecular complexity index is 634. The number of aliphatic hydroxyl groups is 1. The summed E-state index contributed by atoms with van der Waals surface area (Å²) in [7, 11) is 0. The van der Waals surface area contributed by atoms with E-state index in [0.717, 1.165) is 54.1 Å². The maximum Gasteiger partial charge on any atom is 0.130 e. The molecule has 1 aliphatic carbocycles. The summed E-state index contributed by atoms with van der Waals surface area (Å²) in [6.07, 6.45) is 2.28. The molecule has 0 radical (unpaired) electrons. The Morgan fingerprint density at radius 2 is 2.24 bits per heavy atom. The first-order valence-electron chi connectivity index (χ1n) is 7.71. The monoisotopic (exact) mass is 286 g/mol. The van der Waals surface area contributed by atoms with E-state index in [1.165, 1.54) is 0 Å². The third kappa shape index (κ3) is 2.68. The van der Waals surface area contributed by atoms with Gasteiger partial charge in [0.15, 0.2) is 0 Å². The Kier molecular flexibility index (Phi) is 3.97. The number of aryl methyl sites for hydroxylation is 2. The van der Waals surface area contributed by atoms with E-state index in [4.69, 9.17) is 4.74 Å². The number of fused-ring (bicyclic) bond motifs is 1. The average Bonchev–Trinajstić information content (AvgIpc) is 3.09. The van der Waals surface area contributed by atoms with Gasteiger partial charge < -0.3 is 9.84 Å². The van der Waals surface area contributed by atoms with Gasteiger partial charge in [-0.3, -0.25) is 4.68 Å². The first-order chi connectivity index (χ1) is 10.2. The molecule has 0 saturated carbocycles. The maximum atomic E-state index is 9.94. The Balaban J connectivity index is 1.78. The smallest absolute Gasteiger partial charge is 0.130 e.